The number of rotatable bonds is 4. The molecule has 2 rings (SSSR count). The van der Waals surface area contributed by atoms with E-state index in [-0.39, 0.29) is 0 Å². The van der Waals surface area contributed by atoms with Gasteiger partial charge in [-0.1, -0.05) is 0 Å². The quantitative estimate of drug-likeness (QED) is 0.874. The lowest BCUT2D eigenvalue weighted by Gasteiger charge is -2.33. The molecule has 0 unspecified atom stereocenters. The zero-order valence-corrected chi connectivity index (χ0v) is 11.2. The van der Waals surface area contributed by atoms with Crippen molar-refractivity contribution in [1.29, 1.82) is 5.26 Å². The summed E-state index contributed by atoms with van der Waals surface area (Å²) in [6.07, 6.45) is 3.62. The van der Waals surface area contributed by atoms with Crippen molar-refractivity contribution < 1.29 is 9.90 Å². The van der Waals surface area contributed by atoms with E-state index in [2.05, 4.69) is 21.3 Å². The number of anilines is 1. The van der Waals surface area contributed by atoms with Crippen LogP contribution in [0.5, 0.6) is 0 Å². The summed E-state index contributed by atoms with van der Waals surface area (Å²) in [5.41, 5.74) is 0.610. The average molecular weight is 274 g/mol. The maximum absolute atomic E-state index is 10.4. The molecular weight excluding hydrogens is 256 g/mol. The molecule has 0 spiro atoms. The number of amides is 1. The summed E-state index contributed by atoms with van der Waals surface area (Å²) in [6, 6.07) is 5.72. The zero-order valence-electron chi connectivity index (χ0n) is 11.2. The first-order valence-electron chi connectivity index (χ1n) is 6.77. The van der Waals surface area contributed by atoms with Gasteiger partial charge in [0, 0.05) is 25.8 Å². The van der Waals surface area contributed by atoms with E-state index in [1.54, 1.807) is 18.3 Å². The number of carboxylic acid groups (broad SMARTS) is 1. The molecule has 1 aliphatic heterocycles. The lowest BCUT2D eigenvalue weighted by atomic mass is 9.93. The first kappa shape index (κ1) is 14.1. The lowest BCUT2D eigenvalue weighted by Crippen LogP contribution is -2.36. The van der Waals surface area contributed by atoms with Gasteiger partial charge in [-0.25, -0.2) is 9.78 Å². The Morgan fingerprint density at radius 1 is 1.55 bits per heavy atom. The molecule has 1 amide bonds. The van der Waals surface area contributed by atoms with E-state index in [9.17, 15) is 4.79 Å². The van der Waals surface area contributed by atoms with Crippen LogP contribution in [0.25, 0.3) is 0 Å². The second kappa shape index (κ2) is 6.75. The van der Waals surface area contributed by atoms with Crippen LogP contribution >= 0.6 is 0 Å². The van der Waals surface area contributed by atoms with Crippen LogP contribution in [0, 0.1) is 17.2 Å². The van der Waals surface area contributed by atoms with E-state index in [1.807, 2.05) is 0 Å². The van der Waals surface area contributed by atoms with Gasteiger partial charge >= 0.3 is 6.09 Å². The summed E-state index contributed by atoms with van der Waals surface area (Å²) in [6.45, 7) is 2.24. The van der Waals surface area contributed by atoms with Gasteiger partial charge in [0.2, 0.25) is 0 Å². The number of hydrogen-bond acceptors (Lipinski definition) is 4. The number of pyridine rings is 1. The second-order valence-electron chi connectivity index (χ2n) is 4.94. The summed E-state index contributed by atoms with van der Waals surface area (Å²) < 4.78 is 0. The average Bonchev–Trinajstić information content (AvgIpc) is 2.47. The first-order chi connectivity index (χ1) is 9.70. The predicted molar refractivity (Wildman–Crippen MR) is 74.5 cm³/mol. The van der Waals surface area contributed by atoms with Crippen LogP contribution < -0.4 is 10.2 Å². The van der Waals surface area contributed by atoms with Crippen LogP contribution in [-0.2, 0) is 0 Å². The minimum atomic E-state index is -0.963. The standard InChI is InChI=1S/C14H18N4O2/c15-10-12-2-1-6-16-13(12)18-8-4-11(5-9-18)3-7-17-14(19)20/h1-2,6,11,17H,3-5,7-9H2,(H,19,20). The van der Waals surface area contributed by atoms with E-state index < -0.39 is 6.09 Å². The molecule has 0 saturated carbocycles. The number of hydrogen-bond donors (Lipinski definition) is 2. The number of carbonyl (C=O) groups is 1. The molecule has 2 heterocycles. The SMILES string of the molecule is N#Cc1cccnc1N1CCC(CCNC(=O)O)CC1. The van der Waals surface area contributed by atoms with Crippen molar-refractivity contribution in [3.05, 3.63) is 23.9 Å². The monoisotopic (exact) mass is 274 g/mol. The fourth-order valence-electron chi connectivity index (χ4n) is 2.55. The molecule has 1 aromatic heterocycles. The Hall–Kier alpha value is -2.29. The molecule has 6 heteroatoms. The van der Waals surface area contributed by atoms with Crippen LogP contribution in [-0.4, -0.2) is 35.8 Å². The third-order valence-electron chi connectivity index (χ3n) is 3.65. The Morgan fingerprint density at radius 2 is 2.30 bits per heavy atom. The highest BCUT2D eigenvalue weighted by atomic mass is 16.4. The Labute approximate surface area is 118 Å². The molecule has 2 N–H and O–H groups in total. The van der Waals surface area contributed by atoms with E-state index in [1.165, 1.54) is 0 Å². The number of nitrogens with one attached hydrogen (secondary N) is 1. The lowest BCUT2D eigenvalue weighted by molar-refractivity contribution is 0.193. The summed E-state index contributed by atoms with van der Waals surface area (Å²) in [7, 11) is 0. The first-order valence-corrected chi connectivity index (χ1v) is 6.77. The van der Waals surface area contributed by atoms with Gasteiger partial charge in [0.15, 0.2) is 0 Å². The zero-order chi connectivity index (χ0) is 14.4. The Bertz CT molecular complexity index is 504. The van der Waals surface area contributed by atoms with Gasteiger partial charge in [0.1, 0.15) is 11.9 Å². The fraction of sp³-hybridized carbons (Fsp3) is 0.500. The number of piperidine rings is 1. The molecule has 1 fully saturated rings. The molecule has 1 saturated heterocycles. The van der Waals surface area contributed by atoms with Crippen LogP contribution in [0.15, 0.2) is 18.3 Å². The number of nitrogens with zero attached hydrogens (tertiary/aromatic N) is 3. The Morgan fingerprint density at radius 3 is 2.95 bits per heavy atom. The van der Waals surface area contributed by atoms with E-state index in [0.717, 1.165) is 38.2 Å². The number of aromatic nitrogens is 1. The third-order valence-corrected chi connectivity index (χ3v) is 3.65. The molecule has 20 heavy (non-hydrogen) atoms. The predicted octanol–water partition coefficient (Wildman–Crippen LogP) is 1.83. The second-order valence-corrected chi connectivity index (χ2v) is 4.94. The molecule has 0 radical (unpaired) electrons. The van der Waals surface area contributed by atoms with Crippen molar-refractivity contribution in [3.63, 3.8) is 0 Å². The largest absolute Gasteiger partial charge is 0.465 e. The molecule has 1 aliphatic rings. The topological polar surface area (TPSA) is 89.3 Å². The maximum Gasteiger partial charge on any atom is 0.404 e. The van der Waals surface area contributed by atoms with E-state index >= 15 is 0 Å². The van der Waals surface area contributed by atoms with Crippen LogP contribution in [0.4, 0.5) is 10.6 Å². The van der Waals surface area contributed by atoms with Gasteiger partial charge in [0.05, 0.1) is 5.56 Å². The Kier molecular flexibility index (Phi) is 4.77. The molecule has 0 atom stereocenters. The smallest absolute Gasteiger partial charge is 0.404 e. The maximum atomic E-state index is 10.4. The highest BCUT2D eigenvalue weighted by Gasteiger charge is 2.21. The van der Waals surface area contributed by atoms with Crippen molar-refractivity contribution in [2.45, 2.75) is 19.3 Å². The molecule has 0 bridgehead atoms. The van der Waals surface area contributed by atoms with Crippen LogP contribution in [0.3, 0.4) is 0 Å². The highest BCUT2D eigenvalue weighted by Crippen LogP contribution is 2.25. The van der Waals surface area contributed by atoms with Crippen LogP contribution in [0.1, 0.15) is 24.8 Å². The molecule has 0 aromatic carbocycles. The molecular formula is C14H18N4O2. The van der Waals surface area contributed by atoms with E-state index in [0.29, 0.717) is 18.0 Å². The van der Waals surface area contributed by atoms with Gasteiger partial charge in [-0.05, 0) is 37.3 Å². The van der Waals surface area contributed by atoms with Crippen molar-refractivity contribution >= 4 is 11.9 Å². The molecule has 0 aliphatic carbocycles. The van der Waals surface area contributed by atoms with Gasteiger partial charge in [-0.15, -0.1) is 0 Å². The van der Waals surface area contributed by atoms with Crippen molar-refractivity contribution in [1.82, 2.24) is 10.3 Å². The van der Waals surface area contributed by atoms with Crippen molar-refractivity contribution in [2.75, 3.05) is 24.5 Å². The van der Waals surface area contributed by atoms with Gasteiger partial charge in [0.25, 0.3) is 0 Å². The van der Waals surface area contributed by atoms with Crippen LogP contribution in [0.2, 0.25) is 0 Å². The Balaban J connectivity index is 1.85. The summed E-state index contributed by atoms with van der Waals surface area (Å²) in [5, 5.41) is 20.0. The normalized spacial score (nSPS) is 15.7. The molecule has 1 aromatic rings. The van der Waals surface area contributed by atoms with Gasteiger partial charge < -0.3 is 15.3 Å². The van der Waals surface area contributed by atoms with Crippen molar-refractivity contribution in [2.24, 2.45) is 5.92 Å². The summed E-state index contributed by atoms with van der Waals surface area (Å²) in [4.78, 5) is 16.8. The van der Waals surface area contributed by atoms with Gasteiger partial charge in [-0.3, -0.25) is 0 Å². The van der Waals surface area contributed by atoms with E-state index in [4.69, 9.17) is 10.4 Å². The van der Waals surface area contributed by atoms with Crippen molar-refractivity contribution in [3.8, 4) is 6.07 Å². The number of nitriles is 1. The molecule has 6 nitrogen and oxygen atoms in total. The highest BCUT2D eigenvalue weighted by molar-refractivity contribution is 5.64. The third kappa shape index (κ3) is 3.60. The minimum Gasteiger partial charge on any atom is -0.465 e. The summed E-state index contributed by atoms with van der Waals surface area (Å²) in [5.74, 6) is 1.30. The summed E-state index contributed by atoms with van der Waals surface area (Å²) >= 11 is 0. The minimum absolute atomic E-state index is 0.507. The fourth-order valence-corrected chi connectivity index (χ4v) is 2.55. The van der Waals surface area contributed by atoms with Gasteiger partial charge in [-0.2, -0.15) is 5.26 Å². The molecule has 106 valence electrons.